The molecule has 0 atom stereocenters. The fourth-order valence-corrected chi connectivity index (χ4v) is 5.93. The van der Waals surface area contributed by atoms with Crippen LogP contribution in [0, 0.1) is 0 Å². The molecule has 0 unspecified atom stereocenters. The number of methoxy groups -OCH3 is 1. The van der Waals surface area contributed by atoms with Crippen LogP contribution >= 0.6 is 0 Å². The van der Waals surface area contributed by atoms with E-state index in [0.717, 1.165) is 56.0 Å². The van der Waals surface area contributed by atoms with Crippen molar-refractivity contribution in [3.63, 3.8) is 0 Å². The van der Waals surface area contributed by atoms with Gasteiger partial charge in [0.15, 0.2) is 0 Å². The molecule has 0 saturated carbocycles. The Balaban J connectivity index is 1.01. The summed E-state index contributed by atoms with van der Waals surface area (Å²) in [6.45, 7) is 6.07. The molecular weight excluding hydrogens is 554 g/mol. The maximum Gasteiger partial charge on any atom is 0.262 e. The van der Waals surface area contributed by atoms with Gasteiger partial charge in [-0.1, -0.05) is 42.5 Å². The second kappa shape index (κ2) is 13.7. The summed E-state index contributed by atoms with van der Waals surface area (Å²) in [7, 11) is 1.68. The van der Waals surface area contributed by atoms with Gasteiger partial charge in [0, 0.05) is 57.8 Å². The van der Waals surface area contributed by atoms with E-state index >= 15 is 0 Å². The molecule has 1 amide bonds. The fourth-order valence-electron chi connectivity index (χ4n) is 5.93. The topological polar surface area (TPSA) is 97.0 Å². The van der Waals surface area contributed by atoms with Gasteiger partial charge in [-0.25, -0.2) is 0 Å². The second-order valence-corrected chi connectivity index (χ2v) is 11.2. The Bertz CT molecular complexity index is 1760. The molecule has 10 heteroatoms. The van der Waals surface area contributed by atoms with Crippen LogP contribution < -0.4 is 20.5 Å². The van der Waals surface area contributed by atoms with E-state index in [1.54, 1.807) is 11.7 Å². The second-order valence-electron chi connectivity index (χ2n) is 11.2. The van der Waals surface area contributed by atoms with E-state index in [1.165, 1.54) is 5.69 Å². The van der Waals surface area contributed by atoms with E-state index in [1.807, 2.05) is 59.0 Å². The molecule has 10 nitrogen and oxygen atoms in total. The quantitative estimate of drug-likeness (QED) is 0.221. The third kappa shape index (κ3) is 6.60. The smallest absolute Gasteiger partial charge is 0.262 e. The third-order valence-electron chi connectivity index (χ3n) is 8.40. The van der Waals surface area contributed by atoms with Crippen molar-refractivity contribution in [2.45, 2.75) is 32.2 Å². The molecule has 0 aliphatic carbocycles. The molecule has 3 heterocycles. The summed E-state index contributed by atoms with van der Waals surface area (Å²) in [4.78, 5) is 31.0. The van der Waals surface area contributed by atoms with Crippen molar-refractivity contribution in [1.29, 1.82) is 0 Å². The van der Waals surface area contributed by atoms with Crippen LogP contribution in [0.15, 0.2) is 83.7 Å². The van der Waals surface area contributed by atoms with Crippen molar-refractivity contribution in [3.8, 4) is 5.75 Å². The molecule has 44 heavy (non-hydrogen) atoms. The van der Waals surface area contributed by atoms with Gasteiger partial charge in [0.05, 0.1) is 18.0 Å². The van der Waals surface area contributed by atoms with Gasteiger partial charge in [0.25, 0.3) is 5.56 Å². The van der Waals surface area contributed by atoms with Crippen molar-refractivity contribution < 1.29 is 9.53 Å². The zero-order valence-corrected chi connectivity index (χ0v) is 25.2. The molecule has 1 saturated heterocycles. The number of fused-ring (bicyclic) bond motifs is 3. The largest absolute Gasteiger partial charge is 0.497 e. The van der Waals surface area contributed by atoms with Crippen molar-refractivity contribution in [2.75, 3.05) is 51.3 Å². The lowest BCUT2D eigenvalue weighted by Gasteiger charge is -2.36. The maximum atomic E-state index is 13.4. The molecule has 2 aromatic heterocycles. The van der Waals surface area contributed by atoms with Crippen molar-refractivity contribution in [1.82, 2.24) is 29.4 Å². The van der Waals surface area contributed by atoms with Gasteiger partial charge in [-0.05, 0) is 61.3 Å². The lowest BCUT2D eigenvalue weighted by atomic mass is 10.1. The van der Waals surface area contributed by atoms with Gasteiger partial charge in [-0.3, -0.25) is 23.5 Å². The SMILES string of the molecule is COc1ccc(N2CCN(CCCNC(=O)CCc3nnc4n(CCc5ccccc5)c(=O)c5ccccc5n34)CC2)cc1. The minimum atomic E-state index is -0.0807. The van der Waals surface area contributed by atoms with E-state index in [0.29, 0.717) is 49.3 Å². The highest BCUT2D eigenvalue weighted by Crippen LogP contribution is 2.21. The summed E-state index contributed by atoms with van der Waals surface area (Å²) in [5.41, 5.74) is 3.05. The average Bonchev–Trinajstić information content (AvgIpc) is 3.50. The molecule has 5 aromatic rings. The number of aryl methyl sites for hydroxylation is 3. The summed E-state index contributed by atoms with van der Waals surface area (Å²) in [5, 5.41) is 12.5. The van der Waals surface area contributed by atoms with E-state index in [2.05, 4.69) is 49.6 Å². The van der Waals surface area contributed by atoms with Crippen molar-refractivity contribution in [3.05, 3.63) is 101 Å². The number of ether oxygens (including phenoxy) is 1. The zero-order chi connectivity index (χ0) is 30.3. The Hall–Kier alpha value is -4.70. The predicted octanol–water partition coefficient (Wildman–Crippen LogP) is 3.56. The van der Waals surface area contributed by atoms with Crippen molar-refractivity contribution in [2.24, 2.45) is 0 Å². The number of para-hydroxylation sites is 1. The number of amides is 1. The van der Waals surface area contributed by atoms with Crippen LogP contribution in [0.4, 0.5) is 5.69 Å². The zero-order valence-electron chi connectivity index (χ0n) is 25.2. The van der Waals surface area contributed by atoms with Crippen LogP contribution in [-0.2, 0) is 24.2 Å². The van der Waals surface area contributed by atoms with Gasteiger partial charge in [0.1, 0.15) is 11.6 Å². The first-order chi connectivity index (χ1) is 21.6. The summed E-state index contributed by atoms with van der Waals surface area (Å²) in [6.07, 6.45) is 2.35. The van der Waals surface area contributed by atoms with Crippen LogP contribution in [0.3, 0.4) is 0 Å². The highest BCUT2D eigenvalue weighted by molar-refractivity contribution is 5.80. The Labute approximate surface area is 256 Å². The molecule has 3 aromatic carbocycles. The predicted molar refractivity (Wildman–Crippen MR) is 172 cm³/mol. The summed E-state index contributed by atoms with van der Waals surface area (Å²) in [6, 6.07) is 25.9. The monoisotopic (exact) mass is 593 g/mol. The highest BCUT2D eigenvalue weighted by atomic mass is 16.5. The first-order valence-corrected chi connectivity index (χ1v) is 15.4. The number of rotatable bonds is 12. The number of hydrogen-bond acceptors (Lipinski definition) is 7. The van der Waals surface area contributed by atoms with Gasteiger partial charge >= 0.3 is 0 Å². The summed E-state index contributed by atoms with van der Waals surface area (Å²) in [5.74, 6) is 2.05. The number of nitrogens with one attached hydrogen (secondary N) is 1. The molecule has 1 fully saturated rings. The number of carbonyl (C=O) groups excluding carboxylic acids is 1. The van der Waals surface area contributed by atoms with Gasteiger partial charge in [-0.15, -0.1) is 10.2 Å². The number of carbonyl (C=O) groups is 1. The molecule has 0 bridgehead atoms. The number of piperazine rings is 1. The van der Waals surface area contributed by atoms with Crippen LogP contribution in [0.1, 0.15) is 24.2 Å². The average molecular weight is 594 g/mol. The number of aromatic nitrogens is 4. The Morgan fingerprint density at radius 2 is 1.61 bits per heavy atom. The molecular formula is C34H39N7O3. The third-order valence-corrected chi connectivity index (χ3v) is 8.40. The van der Waals surface area contributed by atoms with E-state index < -0.39 is 0 Å². The van der Waals surface area contributed by atoms with Gasteiger partial charge in [0.2, 0.25) is 11.7 Å². The van der Waals surface area contributed by atoms with Crippen LogP contribution in [0.25, 0.3) is 16.7 Å². The Morgan fingerprint density at radius 1 is 0.864 bits per heavy atom. The Morgan fingerprint density at radius 3 is 2.39 bits per heavy atom. The Kier molecular flexibility index (Phi) is 9.17. The lowest BCUT2D eigenvalue weighted by molar-refractivity contribution is -0.121. The normalized spacial score (nSPS) is 13.9. The molecule has 0 radical (unpaired) electrons. The molecule has 0 spiro atoms. The molecule has 6 rings (SSSR count). The number of hydrogen-bond donors (Lipinski definition) is 1. The lowest BCUT2D eigenvalue weighted by Crippen LogP contribution is -2.47. The van der Waals surface area contributed by atoms with Gasteiger partial charge < -0.3 is 15.0 Å². The maximum absolute atomic E-state index is 13.4. The minimum absolute atomic E-state index is 0.00669. The first-order valence-electron chi connectivity index (χ1n) is 15.4. The number of benzene rings is 3. The molecule has 1 aliphatic rings. The highest BCUT2D eigenvalue weighted by Gasteiger charge is 2.19. The van der Waals surface area contributed by atoms with Crippen LogP contribution in [0.5, 0.6) is 5.75 Å². The molecule has 228 valence electrons. The summed E-state index contributed by atoms with van der Waals surface area (Å²) < 4.78 is 8.89. The van der Waals surface area contributed by atoms with Gasteiger partial charge in [-0.2, -0.15) is 0 Å². The minimum Gasteiger partial charge on any atom is -0.497 e. The number of anilines is 1. The number of nitrogens with zero attached hydrogens (tertiary/aromatic N) is 6. The molecule has 1 N–H and O–H groups in total. The van der Waals surface area contributed by atoms with E-state index in [9.17, 15) is 9.59 Å². The van der Waals surface area contributed by atoms with Crippen molar-refractivity contribution >= 4 is 28.3 Å². The fraction of sp³-hybridized carbons (Fsp3) is 0.353. The van der Waals surface area contributed by atoms with Crippen LogP contribution in [-0.4, -0.2) is 76.4 Å². The van der Waals surface area contributed by atoms with Crippen LogP contribution in [0.2, 0.25) is 0 Å². The van der Waals surface area contributed by atoms with E-state index in [-0.39, 0.29) is 11.5 Å². The first kappa shape index (κ1) is 29.4. The standard InChI is InChI=1S/C34H39N7O3/c1-44-28-14-12-27(13-15-28)39-24-22-38(23-25-39)20-7-19-35-32(42)17-16-31-36-37-34-40(21-18-26-8-3-2-4-9-26)33(43)29-10-5-6-11-30(29)41(31)34/h2-6,8-15H,7,16-25H2,1H3,(H,35,42). The summed E-state index contributed by atoms with van der Waals surface area (Å²) >= 11 is 0. The van der Waals surface area contributed by atoms with E-state index in [4.69, 9.17) is 4.74 Å². The molecule has 1 aliphatic heterocycles.